The zero-order chi connectivity index (χ0) is 16.7. The number of fused-ring (bicyclic) bond motifs is 1. The largest absolute Gasteiger partial charge is 0.326 e. The van der Waals surface area contributed by atoms with Crippen LogP contribution in [0, 0.1) is 0 Å². The molecular weight excluding hydrogens is 342 g/mol. The highest BCUT2D eigenvalue weighted by Crippen LogP contribution is 2.26. The van der Waals surface area contributed by atoms with Crippen LogP contribution in [0.15, 0.2) is 47.5 Å². The van der Waals surface area contributed by atoms with E-state index >= 15 is 0 Å². The zero-order valence-electron chi connectivity index (χ0n) is 13.2. The summed E-state index contributed by atoms with van der Waals surface area (Å²) in [5.74, 6) is 0. The monoisotopic (exact) mass is 357 g/mol. The van der Waals surface area contributed by atoms with Gasteiger partial charge in [-0.3, -0.25) is 8.89 Å². The summed E-state index contributed by atoms with van der Waals surface area (Å²) >= 11 is 1.49. The number of benzene rings is 1. The molecule has 0 amide bonds. The van der Waals surface area contributed by atoms with Crippen molar-refractivity contribution in [2.24, 2.45) is 7.05 Å². The summed E-state index contributed by atoms with van der Waals surface area (Å²) in [6.07, 6.45) is 9.14. The average Bonchev–Trinajstić information content (AvgIpc) is 3.25. The molecule has 8 heteroatoms. The van der Waals surface area contributed by atoms with E-state index in [2.05, 4.69) is 31.8 Å². The molecule has 24 heavy (non-hydrogen) atoms. The highest BCUT2D eigenvalue weighted by Gasteiger charge is 2.10. The first-order chi connectivity index (χ1) is 11.6. The summed E-state index contributed by atoms with van der Waals surface area (Å²) in [6, 6.07) is 6.14. The van der Waals surface area contributed by atoms with Crippen molar-refractivity contribution < 1.29 is 4.21 Å². The first kappa shape index (κ1) is 15.2. The summed E-state index contributed by atoms with van der Waals surface area (Å²) in [6.45, 7) is 0.711. The number of rotatable bonds is 4. The Hall–Kier alpha value is -2.32. The third-order valence-corrected chi connectivity index (χ3v) is 6.10. The van der Waals surface area contributed by atoms with Crippen LogP contribution in [0.4, 0.5) is 0 Å². The maximum absolute atomic E-state index is 11.6. The summed E-state index contributed by atoms with van der Waals surface area (Å²) < 4.78 is 17.2. The molecule has 0 radical (unpaired) electrons. The van der Waals surface area contributed by atoms with Crippen molar-refractivity contribution in [2.75, 3.05) is 6.26 Å². The van der Waals surface area contributed by atoms with Crippen molar-refractivity contribution in [3.8, 4) is 11.3 Å². The number of imidazole rings is 1. The second kappa shape index (κ2) is 5.95. The van der Waals surface area contributed by atoms with Crippen LogP contribution in [0.2, 0.25) is 0 Å². The standard InChI is InChI=1S/C16H15N5OS2/c1-20-9-12(6-18-20)14-7-17-10-21(14)8-11-3-4-13-15(5-11)23-16(19-13)24(2)22/h3-7,9-10H,8H2,1-2H3. The number of thiazole rings is 1. The number of aromatic nitrogens is 5. The SMILES string of the molecule is Cn1cc(-c2cncn2Cc2ccc3nc(S(C)=O)sc3c2)cn1. The van der Waals surface area contributed by atoms with Gasteiger partial charge in [0.05, 0.1) is 45.4 Å². The molecule has 0 spiro atoms. The molecule has 122 valence electrons. The lowest BCUT2D eigenvalue weighted by molar-refractivity contribution is 0.686. The van der Waals surface area contributed by atoms with E-state index in [0.29, 0.717) is 10.9 Å². The fourth-order valence-electron chi connectivity index (χ4n) is 2.61. The summed E-state index contributed by atoms with van der Waals surface area (Å²) in [5.41, 5.74) is 4.12. The van der Waals surface area contributed by atoms with Gasteiger partial charge in [-0.1, -0.05) is 6.07 Å². The van der Waals surface area contributed by atoms with Crippen LogP contribution in [0.25, 0.3) is 21.5 Å². The number of hydrogen-bond donors (Lipinski definition) is 0. The maximum atomic E-state index is 11.6. The molecule has 0 N–H and O–H groups in total. The van der Waals surface area contributed by atoms with Crippen molar-refractivity contribution in [3.63, 3.8) is 0 Å². The Morgan fingerprint density at radius 1 is 1.29 bits per heavy atom. The van der Waals surface area contributed by atoms with Crippen molar-refractivity contribution >= 4 is 32.4 Å². The summed E-state index contributed by atoms with van der Waals surface area (Å²) in [4.78, 5) is 8.68. The first-order valence-electron chi connectivity index (χ1n) is 7.32. The van der Waals surface area contributed by atoms with Gasteiger partial charge in [-0.25, -0.2) is 9.97 Å². The van der Waals surface area contributed by atoms with E-state index in [9.17, 15) is 4.21 Å². The number of hydrogen-bond acceptors (Lipinski definition) is 5. The van der Waals surface area contributed by atoms with Crippen LogP contribution in [0.3, 0.4) is 0 Å². The zero-order valence-corrected chi connectivity index (χ0v) is 14.8. The molecule has 3 heterocycles. The van der Waals surface area contributed by atoms with Crippen molar-refractivity contribution in [1.82, 2.24) is 24.3 Å². The molecule has 0 aliphatic carbocycles. The fourth-order valence-corrected chi connectivity index (χ4v) is 4.33. The minimum absolute atomic E-state index is 0.667. The van der Waals surface area contributed by atoms with E-state index in [1.165, 1.54) is 11.3 Å². The Kier molecular flexibility index (Phi) is 3.78. The lowest BCUT2D eigenvalue weighted by Gasteiger charge is -2.07. The quantitative estimate of drug-likeness (QED) is 0.563. The molecule has 0 fully saturated rings. The molecule has 1 atom stereocenters. The van der Waals surface area contributed by atoms with Crippen LogP contribution in [0.1, 0.15) is 5.56 Å². The Labute approximate surface area is 145 Å². The van der Waals surface area contributed by atoms with E-state index in [-0.39, 0.29) is 0 Å². The molecule has 0 aliphatic rings. The maximum Gasteiger partial charge on any atom is 0.181 e. The van der Waals surface area contributed by atoms with Crippen molar-refractivity contribution in [2.45, 2.75) is 10.9 Å². The average molecular weight is 357 g/mol. The predicted molar refractivity (Wildman–Crippen MR) is 95.5 cm³/mol. The topological polar surface area (TPSA) is 65.6 Å². The van der Waals surface area contributed by atoms with Gasteiger partial charge in [0.15, 0.2) is 4.34 Å². The molecule has 0 aliphatic heterocycles. The fraction of sp³-hybridized carbons (Fsp3) is 0.188. The summed E-state index contributed by atoms with van der Waals surface area (Å²) in [7, 11) is 0.857. The number of aryl methyl sites for hydroxylation is 1. The van der Waals surface area contributed by atoms with E-state index in [1.807, 2.05) is 38.0 Å². The van der Waals surface area contributed by atoms with E-state index in [0.717, 1.165) is 27.0 Å². The van der Waals surface area contributed by atoms with Gasteiger partial charge in [-0.2, -0.15) is 5.10 Å². The molecule has 0 saturated heterocycles. The van der Waals surface area contributed by atoms with Crippen LogP contribution in [-0.4, -0.2) is 34.8 Å². The Morgan fingerprint density at radius 3 is 2.92 bits per heavy atom. The predicted octanol–water partition coefficient (Wildman–Crippen LogP) is 2.68. The van der Waals surface area contributed by atoms with Gasteiger partial charge in [0, 0.05) is 31.6 Å². The second-order valence-electron chi connectivity index (χ2n) is 5.55. The normalized spacial score (nSPS) is 12.8. The molecule has 6 nitrogen and oxygen atoms in total. The second-order valence-corrected chi connectivity index (χ2v) is 8.13. The van der Waals surface area contributed by atoms with Gasteiger partial charge in [-0.15, -0.1) is 11.3 Å². The van der Waals surface area contributed by atoms with Crippen molar-refractivity contribution in [1.29, 1.82) is 0 Å². The van der Waals surface area contributed by atoms with Gasteiger partial charge < -0.3 is 4.57 Å². The minimum Gasteiger partial charge on any atom is -0.326 e. The van der Waals surface area contributed by atoms with Gasteiger partial charge in [0.2, 0.25) is 0 Å². The van der Waals surface area contributed by atoms with Gasteiger partial charge >= 0.3 is 0 Å². The highest BCUT2D eigenvalue weighted by molar-refractivity contribution is 7.86. The molecule has 0 saturated carbocycles. The molecule has 0 bridgehead atoms. The Balaban J connectivity index is 1.67. The van der Waals surface area contributed by atoms with Gasteiger partial charge in [0.1, 0.15) is 0 Å². The lowest BCUT2D eigenvalue weighted by Crippen LogP contribution is -1.99. The molecular formula is C16H15N5OS2. The number of nitrogens with zero attached hydrogens (tertiary/aromatic N) is 5. The van der Waals surface area contributed by atoms with Gasteiger partial charge in [0.25, 0.3) is 0 Å². The first-order valence-corrected chi connectivity index (χ1v) is 9.69. The van der Waals surface area contributed by atoms with Gasteiger partial charge in [-0.05, 0) is 17.7 Å². The third-order valence-electron chi connectivity index (χ3n) is 3.74. The van der Waals surface area contributed by atoms with Crippen LogP contribution >= 0.6 is 11.3 Å². The molecule has 4 rings (SSSR count). The van der Waals surface area contributed by atoms with Crippen LogP contribution in [0.5, 0.6) is 0 Å². The Morgan fingerprint density at radius 2 is 2.17 bits per heavy atom. The minimum atomic E-state index is -1.04. The Bertz CT molecular complexity index is 1050. The molecule has 4 aromatic rings. The summed E-state index contributed by atoms with van der Waals surface area (Å²) in [5, 5.41) is 4.22. The van der Waals surface area contributed by atoms with Crippen molar-refractivity contribution in [3.05, 3.63) is 48.7 Å². The van der Waals surface area contributed by atoms with Crippen LogP contribution < -0.4 is 0 Å². The highest BCUT2D eigenvalue weighted by atomic mass is 32.2. The van der Waals surface area contributed by atoms with Crippen LogP contribution in [-0.2, 0) is 24.4 Å². The molecule has 3 aromatic heterocycles. The smallest absolute Gasteiger partial charge is 0.181 e. The third kappa shape index (κ3) is 2.78. The van der Waals surface area contributed by atoms with E-state index < -0.39 is 10.8 Å². The molecule has 1 aromatic carbocycles. The lowest BCUT2D eigenvalue weighted by atomic mass is 10.2. The van der Waals surface area contributed by atoms with E-state index in [4.69, 9.17) is 0 Å². The molecule has 1 unspecified atom stereocenters. The van der Waals surface area contributed by atoms with E-state index in [1.54, 1.807) is 10.9 Å².